The highest BCUT2D eigenvalue weighted by atomic mass is 35.7. The Bertz CT molecular complexity index is 603. The van der Waals surface area contributed by atoms with Crippen molar-refractivity contribution < 1.29 is 31.8 Å². The zero-order valence-electron chi connectivity index (χ0n) is 10.1. The van der Waals surface area contributed by atoms with E-state index in [2.05, 4.69) is 0 Å². The Kier molecular flexibility index (Phi) is 5.70. The van der Waals surface area contributed by atoms with Crippen LogP contribution in [0.2, 0.25) is 0 Å². The molecular formula is C11H11ClF2O5S. The topological polar surface area (TPSA) is 80.7 Å². The van der Waals surface area contributed by atoms with Gasteiger partial charge in [-0.25, -0.2) is 12.8 Å². The third-order valence-electron chi connectivity index (χ3n) is 2.32. The molecule has 1 aromatic carbocycles. The number of ether oxygens (including phenoxy) is 1. The molecule has 0 saturated carbocycles. The van der Waals surface area contributed by atoms with Crippen LogP contribution in [0.1, 0.15) is 19.3 Å². The van der Waals surface area contributed by atoms with E-state index in [-0.39, 0.29) is 13.0 Å². The summed E-state index contributed by atoms with van der Waals surface area (Å²) in [6.07, 6.45) is 0.611. The van der Waals surface area contributed by atoms with Gasteiger partial charge in [0.05, 0.1) is 6.61 Å². The first-order valence-electron chi connectivity index (χ1n) is 5.50. The van der Waals surface area contributed by atoms with Crippen molar-refractivity contribution in [3.05, 3.63) is 23.8 Å². The summed E-state index contributed by atoms with van der Waals surface area (Å²) in [7, 11) is 0.558. The second-order valence-electron chi connectivity index (χ2n) is 3.83. The highest BCUT2D eigenvalue weighted by molar-refractivity contribution is 8.13. The Hall–Kier alpha value is -1.41. The Labute approximate surface area is 118 Å². The Morgan fingerprint density at radius 2 is 1.90 bits per heavy atom. The molecule has 5 nitrogen and oxygen atoms in total. The van der Waals surface area contributed by atoms with Crippen LogP contribution in [0, 0.1) is 11.6 Å². The maximum Gasteiger partial charge on any atom is 0.303 e. The molecule has 0 aliphatic heterocycles. The SMILES string of the molecule is O=C(O)CCCCOc1ccc(S(=O)(=O)Cl)c(F)c1F. The van der Waals surface area contributed by atoms with Gasteiger partial charge in [-0.15, -0.1) is 0 Å². The van der Waals surface area contributed by atoms with Crippen molar-refractivity contribution in [3.63, 3.8) is 0 Å². The molecule has 0 heterocycles. The third-order valence-corrected chi connectivity index (χ3v) is 3.66. The molecule has 1 N–H and O–H groups in total. The van der Waals surface area contributed by atoms with Gasteiger partial charge in [0.1, 0.15) is 4.90 Å². The minimum Gasteiger partial charge on any atom is -0.490 e. The van der Waals surface area contributed by atoms with Crippen LogP contribution >= 0.6 is 10.7 Å². The number of rotatable bonds is 7. The van der Waals surface area contributed by atoms with Crippen molar-refractivity contribution in [2.24, 2.45) is 0 Å². The Morgan fingerprint density at radius 3 is 2.45 bits per heavy atom. The molecule has 0 unspecified atom stereocenters. The van der Waals surface area contributed by atoms with Gasteiger partial charge in [0.25, 0.3) is 9.05 Å². The molecule has 0 fully saturated rings. The molecule has 9 heteroatoms. The van der Waals surface area contributed by atoms with Crippen LogP contribution in [0.5, 0.6) is 5.75 Å². The van der Waals surface area contributed by atoms with Crippen LogP contribution in [0.3, 0.4) is 0 Å². The predicted octanol–water partition coefficient (Wildman–Crippen LogP) is 2.53. The van der Waals surface area contributed by atoms with Crippen LogP contribution in [0.4, 0.5) is 8.78 Å². The highest BCUT2D eigenvalue weighted by Crippen LogP contribution is 2.27. The average Bonchev–Trinajstić information content (AvgIpc) is 2.32. The smallest absolute Gasteiger partial charge is 0.303 e. The summed E-state index contributed by atoms with van der Waals surface area (Å²) in [6, 6.07) is 1.75. The Morgan fingerprint density at radius 1 is 1.25 bits per heavy atom. The molecule has 0 amide bonds. The molecule has 0 bridgehead atoms. The van der Waals surface area contributed by atoms with Gasteiger partial charge in [-0.1, -0.05) is 0 Å². The molecule has 0 spiro atoms. The van der Waals surface area contributed by atoms with E-state index in [0.29, 0.717) is 12.8 Å². The van der Waals surface area contributed by atoms with Gasteiger partial charge in [0.2, 0.25) is 5.82 Å². The van der Waals surface area contributed by atoms with Crippen molar-refractivity contribution in [1.29, 1.82) is 0 Å². The molecule has 1 rings (SSSR count). The lowest BCUT2D eigenvalue weighted by atomic mass is 10.2. The number of carboxylic acid groups (broad SMARTS) is 1. The standard InChI is InChI=1S/C11H11ClF2O5S/c12-20(17,18)8-5-4-7(10(13)11(8)14)19-6-2-1-3-9(15)16/h4-5H,1-3,6H2,(H,15,16). The summed E-state index contributed by atoms with van der Waals surface area (Å²) in [6.45, 7) is -0.0173. The van der Waals surface area contributed by atoms with Gasteiger partial charge < -0.3 is 9.84 Å². The zero-order chi connectivity index (χ0) is 15.3. The molecule has 112 valence electrons. The maximum atomic E-state index is 13.5. The van der Waals surface area contributed by atoms with E-state index >= 15 is 0 Å². The van der Waals surface area contributed by atoms with E-state index in [9.17, 15) is 22.0 Å². The molecule has 1 aromatic rings. The lowest BCUT2D eigenvalue weighted by Gasteiger charge is -2.08. The summed E-state index contributed by atoms with van der Waals surface area (Å²) in [5, 5.41) is 8.40. The summed E-state index contributed by atoms with van der Waals surface area (Å²) in [4.78, 5) is 9.28. The van der Waals surface area contributed by atoms with Crippen LogP contribution in [0.25, 0.3) is 0 Å². The third kappa shape index (κ3) is 4.61. The van der Waals surface area contributed by atoms with Crippen LogP contribution in [-0.2, 0) is 13.8 Å². The van der Waals surface area contributed by atoms with Crippen LogP contribution in [0.15, 0.2) is 17.0 Å². The minimum absolute atomic E-state index is 0.0173. The van der Waals surface area contributed by atoms with Crippen LogP contribution < -0.4 is 4.74 Å². The van der Waals surface area contributed by atoms with Gasteiger partial charge in [0.15, 0.2) is 11.6 Å². The average molecular weight is 329 g/mol. The van der Waals surface area contributed by atoms with E-state index in [1.54, 1.807) is 0 Å². The number of aliphatic carboxylic acids is 1. The van der Waals surface area contributed by atoms with Gasteiger partial charge in [-0.05, 0) is 25.0 Å². The fourth-order valence-corrected chi connectivity index (χ4v) is 2.27. The lowest BCUT2D eigenvalue weighted by molar-refractivity contribution is -0.137. The van der Waals surface area contributed by atoms with E-state index < -0.39 is 37.3 Å². The lowest BCUT2D eigenvalue weighted by Crippen LogP contribution is -2.05. The number of carbonyl (C=O) groups is 1. The van der Waals surface area contributed by atoms with Gasteiger partial charge >= 0.3 is 5.97 Å². The molecule has 0 radical (unpaired) electrons. The largest absolute Gasteiger partial charge is 0.490 e. The summed E-state index contributed by atoms with van der Waals surface area (Å²) < 4.78 is 53.8. The molecule has 0 aromatic heterocycles. The molecule has 20 heavy (non-hydrogen) atoms. The van der Waals surface area contributed by atoms with Crippen molar-refractivity contribution in [2.75, 3.05) is 6.61 Å². The van der Waals surface area contributed by atoms with E-state index in [0.717, 1.165) is 12.1 Å². The first kappa shape index (κ1) is 16.6. The zero-order valence-corrected chi connectivity index (χ0v) is 11.7. The molecule has 0 aliphatic carbocycles. The van der Waals surface area contributed by atoms with Crippen molar-refractivity contribution in [3.8, 4) is 5.75 Å². The van der Waals surface area contributed by atoms with Crippen molar-refractivity contribution >= 4 is 25.7 Å². The second-order valence-corrected chi connectivity index (χ2v) is 6.36. The minimum atomic E-state index is -4.37. The number of benzene rings is 1. The number of unbranched alkanes of at least 4 members (excludes halogenated alkanes) is 1. The first-order chi connectivity index (χ1) is 9.23. The highest BCUT2D eigenvalue weighted by Gasteiger charge is 2.22. The number of hydrogen-bond donors (Lipinski definition) is 1. The predicted molar refractivity (Wildman–Crippen MR) is 66.4 cm³/mol. The fourth-order valence-electron chi connectivity index (χ4n) is 1.37. The van der Waals surface area contributed by atoms with Gasteiger partial charge in [-0.3, -0.25) is 4.79 Å². The molecule has 0 aliphatic rings. The first-order valence-corrected chi connectivity index (χ1v) is 7.81. The van der Waals surface area contributed by atoms with Crippen molar-refractivity contribution in [2.45, 2.75) is 24.2 Å². The number of hydrogen-bond acceptors (Lipinski definition) is 4. The molecule has 0 saturated heterocycles. The fraction of sp³-hybridized carbons (Fsp3) is 0.364. The summed E-state index contributed by atoms with van der Waals surface area (Å²) in [5.41, 5.74) is 0. The Balaban J connectivity index is 2.69. The van der Waals surface area contributed by atoms with E-state index in [1.807, 2.05) is 0 Å². The molecular weight excluding hydrogens is 318 g/mol. The van der Waals surface area contributed by atoms with E-state index in [1.165, 1.54) is 0 Å². The maximum absolute atomic E-state index is 13.5. The summed E-state index contributed by atoms with van der Waals surface area (Å²) >= 11 is 0. The monoisotopic (exact) mass is 328 g/mol. The molecule has 0 atom stereocenters. The summed E-state index contributed by atoms with van der Waals surface area (Å²) in [5.74, 6) is -4.48. The number of halogens is 3. The second kappa shape index (κ2) is 6.85. The van der Waals surface area contributed by atoms with Gasteiger partial charge in [-0.2, -0.15) is 4.39 Å². The van der Waals surface area contributed by atoms with Gasteiger partial charge in [0, 0.05) is 17.1 Å². The number of carboxylic acids is 1. The quantitative estimate of drug-likeness (QED) is 0.614. The van der Waals surface area contributed by atoms with E-state index in [4.69, 9.17) is 20.5 Å². The van der Waals surface area contributed by atoms with Crippen molar-refractivity contribution in [1.82, 2.24) is 0 Å². The normalized spacial score (nSPS) is 11.3. The van der Waals surface area contributed by atoms with Crippen LogP contribution in [-0.4, -0.2) is 26.1 Å².